The fourth-order valence-corrected chi connectivity index (χ4v) is 3.54. The lowest BCUT2D eigenvalue weighted by Gasteiger charge is -2.51. The van der Waals surface area contributed by atoms with Crippen LogP contribution in [-0.4, -0.2) is 44.6 Å². The van der Waals surface area contributed by atoms with E-state index in [-0.39, 0.29) is 18.0 Å². The number of nitrogens with zero attached hydrogens (tertiary/aromatic N) is 2. The number of rotatable bonds is 7. The standard InChI is InChI=1S/C19H32N2O4/c1-14(8-6-9-15(22)10-7-11-20)17(23)25-16-12-18(2,3)21(24)19(4,5)13-16/h7,10,14-16,22,24H,6,8-9,12-13H2,1-5H3/b10-7+. The third kappa shape index (κ3) is 6.43. The number of allylic oxidation sites excluding steroid dienone is 1. The maximum Gasteiger partial charge on any atom is 0.308 e. The Kier molecular flexibility index (Phi) is 7.61. The van der Waals surface area contributed by atoms with Crippen LogP contribution in [0.4, 0.5) is 0 Å². The molecule has 25 heavy (non-hydrogen) atoms. The molecule has 6 heteroatoms. The van der Waals surface area contributed by atoms with Gasteiger partial charge in [0.05, 0.1) is 18.1 Å². The van der Waals surface area contributed by atoms with Gasteiger partial charge >= 0.3 is 5.97 Å². The van der Waals surface area contributed by atoms with Crippen LogP contribution in [-0.2, 0) is 9.53 Å². The van der Waals surface area contributed by atoms with E-state index in [4.69, 9.17) is 10.00 Å². The van der Waals surface area contributed by atoms with Crippen molar-refractivity contribution < 1.29 is 19.8 Å². The lowest BCUT2D eigenvalue weighted by atomic mass is 9.80. The lowest BCUT2D eigenvalue weighted by Crippen LogP contribution is -2.60. The maximum absolute atomic E-state index is 12.3. The molecule has 0 aromatic rings. The van der Waals surface area contributed by atoms with Crippen molar-refractivity contribution in [2.75, 3.05) is 0 Å². The Labute approximate surface area is 151 Å². The molecule has 1 heterocycles. The minimum Gasteiger partial charge on any atom is -0.462 e. The summed E-state index contributed by atoms with van der Waals surface area (Å²) in [7, 11) is 0. The molecule has 1 fully saturated rings. The van der Waals surface area contributed by atoms with Crippen molar-refractivity contribution in [3.63, 3.8) is 0 Å². The Balaban J connectivity index is 2.47. The molecule has 0 aromatic carbocycles. The van der Waals surface area contributed by atoms with Crippen molar-refractivity contribution in [1.82, 2.24) is 5.06 Å². The SMILES string of the molecule is CC(CCCC(O)/C=C/C#N)C(=O)OC1CC(C)(C)N(O)C(C)(C)C1. The fraction of sp³-hybridized carbons (Fsp3) is 0.789. The van der Waals surface area contributed by atoms with Crippen LogP contribution < -0.4 is 0 Å². The molecule has 2 N–H and O–H groups in total. The van der Waals surface area contributed by atoms with Gasteiger partial charge in [0, 0.05) is 30.0 Å². The van der Waals surface area contributed by atoms with E-state index < -0.39 is 17.2 Å². The number of piperidine rings is 1. The van der Waals surface area contributed by atoms with E-state index in [9.17, 15) is 15.1 Å². The monoisotopic (exact) mass is 352 g/mol. The van der Waals surface area contributed by atoms with E-state index in [1.807, 2.05) is 40.7 Å². The number of hydroxylamine groups is 2. The average Bonchev–Trinajstić information content (AvgIpc) is 2.49. The van der Waals surface area contributed by atoms with Crippen LogP contribution in [0.25, 0.3) is 0 Å². The number of hydrogen-bond donors (Lipinski definition) is 2. The van der Waals surface area contributed by atoms with E-state index in [0.717, 1.165) is 0 Å². The van der Waals surface area contributed by atoms with Crippen LogP contribution in [0.2, 0.25) is 0 Å². The van der Waals surface area contributed by atoms with Crippen molar-refractivity contribution in [3.8, 4) is 6.07 Å². The molecule has 0 spiro atoms. The highest BCUT2D eigenvalue weighted by Gasteiger charge is 2.46. The number of esters is 1. The van der Waals surface area contributed by atoms with Gasteiger partial charge in [-0.05, 0) is 53.0 Å². The van der Waals surface area contributed by atoms with Gasteiger partial charge in [-0.2, -0.15) is 10.3 Å². The molecule has 6 nitrogen and oxygen atoms in total. The average molecular weight is 352 g/mol. The lowest BCUT2D eigenvalue weighted by molar-refractivity contribution is -0.260. The smallest absolute Gasteiger partial charge is 0.308 e. The fourth-order valence-electron chi connectivity index (χ4n) is 3.54. The number of nitriles is 1. The second-order valence-corrected chi connectivity index (χ2v) is 8.29. The van der Waals surface area contributed by atoms with Crippen molar-refractivity contribution in [3.05, 3.63) is 12.2 Å². The first-order valence-corrected chi connectivity index (χ1v) is 8.93. The minimum absolute atomic E-state index is 0.215. The molecule has 1 aliphatic rings. The molecule has 2 unspecified atom stereocenters. The van der Waals surface area contributed by atoms with Gasteiger partial charge in [0.1, 0.15) is 6.10 Å². The molecule has 0 aromatic heterocycles. The Morgan fingerprint density at radius 3 is 2.40 bits per heavy atom. The summed E-state index contributed by atoms with van der Waals surface area (Å²) in [6, 6.07) is 1.84. The molecule has 1 saturated heterocycles. The largest absolute Gasteiger partial charge is 0.462 e. The van der Waals surface area contributed by atoms with Crippen molar-refractivity contribution in [2.24, 2.45) is 5.92 Å². The van der Waals surface area contributed by atoms with Gasteiger partial charge in [0.2, 0.25) is 0 Å². The number of carbonyl (C=O) groups is 1. The molecule has 0 aliphatic carbocycles. The van der Waals surface area contributed by atoms with Crippen molar-refractivity contribution in [2.45, 2.75) is 90.0 Å². The third-order valence-corrected chi connectivity index (χ3v) is 4.82. The highest BCUT2D eigenvalue weighted by molar-refractivity contribution is 5.72. The first-order chi connectivity index (χ1) is 11.5. The van der Waals surface area contributed by atoms with E-state index >= 15 is 0 Å². The first-order valence-electron chi connectivity index (χ1n) is 8.93. The first kappa shape index (κ1) is 21.6. The van der Waals surface area contributed by atoms with Gasteiger partial charge in [0.15, 0.2) is 0 Å². The highest BCUT2D eigenvalue weighted by Crippen LogP contribution is 2.38. The number of aliphatic hydroxyl groups is 1. The Hall–Kier alpha value is -1.42. The minimum atomic E-state index is -0.654. The van der Waals surface area contributed by atoms with Crippen LogP contribution in [0.15, 0.2) is 12.2 Å². The number of hydrogen-bond acceptors (Lipinski definition) is 6. The summed E-state index contributed by atoms with van der Waals surface area (Å²) in [5.74, 6) is -0.476. The molecule has 0 saturated carbocycles. The molecule has 1 rings (SSSR count). The molecule has 0 radical (unpaired) electrons. The topological polar surface area (TPSA) is 93.8 Å². The third-order valence-electron chi connectivity index (χ3n) is 4.82. The Morgan fingerprint density at radius 2 is 1.88 bits per heavy atom. The van der Waals surface area contributed by atoms with Gasteiger partial charge in [-0.3, -0.25) is 4.79 Å². The van der Waals surface area contributed by atoms with Crippen LogP contribution >= 0.6 is 0 Å². The molecule has 0 bridgehead atoms. The zero-order valence-electron chi connectivity index (χ0n) is 16.0. The van der Waals surface area contributed by atoms with Crippen LogP contribution in [0, 0.1) is 17.2 Å². The second-order valence-electron chi connectivity index (χ2n) is 8.29. The summed E-state index contributed by atoms with van der Waals surface area (Å²) in [5.41, 5.74) is -0.903. The van der Waals surface area contributed by atoms with Crippen LogP contribution in [0.1, 0.15) is 66.7 Å². The molecule has 0 amide bonds. The summed E-state index contributed by atoms with van der Waals surface area (Å²) in [6.07, 6.45) is 4.84. The summed E-state index contributed by atoms with van der Waals surface area (Å²) < 4.78 is 5.70. The predicted molar refractivity (Wildman–Crippen MR) is 94.7 cm³/mol. The Morgan fingerprint density at radius 1 is 1.32 bits per heavy atom. The second kappa shape index (κ2) is 8.79. The summed E-state index contributed by atoms with van der Waals surface area (Å²) in [6.45, 7) is 9.59. The summed E-state index contributed by atoms with van der Waals surface area (Å²) >= 11 is 0. The maximum atomic E-state index is 12.3. The highest BCUT2D eigenvalue weighted by atomic mass is 16.5. The molecular formula is C19H32N2O4. The zero-order valence-corrected chi connectivity index (χ0v) is 16.0. The Bertz CT molecular complexity index is 504. The molecular weight excluding hydrogens is 320 g/mol. The zero-order chi connectivity index (χ0) is 19.3. The summed E-state index contributed by atoms with van der Waals surface area (Å²) in [5, 5.41) is 29.7. The predicted octanol–water partition coefficient (Wildman–Crippen LogP) is 3.19. The van der Waals surface area contributed by atoms with E-state index in [0.29, 0.717) is 32.1 Å². The van der Waals surface area contributed by atoms with Gasteiger partial charge < -0.3 is 15.1 Å². The van der Waals surface area contributed by atoms with E-state index in [1.54, 1.807) is 0 Å². The van der Waals surface area contributed by atoms with Gasteiger partial charge in [-0.1, -0.05) is 6.92 Å². The van der Waals surface area contributed by atoms with E-state index in [1.165, 1.54) is 17.2 Å². The normalized spacial score (nSPS) is 23.1. The van der Waals surface area contributed by atoms with Crippen molar-refractivity contribution >= 4 is 5.97 Å². The molecule has 142 valence electrons. The van der Waals surface area contributed by atoms with Crippen LogP contribution in [0.3, 0.4) is 0 Å². The quantitative estimate of drug-likeness (QED) is 0.540. The van der Waals surface area contributed by atoms with Gasteiger partial charge in [-0.15, -0.1) is 0 Å². The molecule has 1 aliphatic heterocycles. The number of aliphatic hydroxyl groups excluding tert-OH is 1. The number of carbonyl (C=O) groups excluding carboxylic acids is 1. The number of ether oxygens (including phenoxy) is 1. The van der Waals surface area contributed by atoms with Gasteiger partial charge in [0.25, 0.3) is 0 Å². The van der Waals surface area contributed by atoms with E-state index in [2.05, 4.69) is 0 Å². The molecule has 2 atom stereocenters. The van der Waals surface area contributed by atoms with Crippen LogP contribution in [0.5, 0.6) is 0 Å². The van der Waals surface area contributed by atoms with Gasteiger partial charge in [-0.25, -0.2) is 0 Å². The van der Waals surface area contributed by atoms with Crippen molar-refractivity contribution in [1.29, 1.82) is 5.26 Å². The summed E-state index contributed by atoms with van der Waals surface area (Å²) in [4.78, 5) is 12.3.